The van der Waals surface area contributed by atoms with E-state index in [1.165, 1.54) is 65.3 Å². The molecule has 2 aromatic heterocycles. The molecule has 0 fully saturated rings. The van der Waals surface area contributed by atoms with Crippen LogP contribution in [0.1, 0.15) is 0 Å². The van der Waals surface area contributed by atoms with Crippen LogP contribution in [0.25, 0.3) is 76.5 Å². The zero-order valence-corrected chi connectivity index (χ0v) is 21.8. The molecule has 0 N–H and O–H groups in total. The highest BCUT2D eigenvalue weighted by Crippen LogP contribution is 2.46. The molecule has 0 aliphatic rings. The maximum atomic E-state index is 4.51. The summed E-state index contributed by atoms with van der Waals surface area (Å²) in [7, 11) is 0. The van der Waals surface area contributed by atoms with Crippen molar-refractivity contribution in [3.05, 3.63) is 146 Å². The second kappa shape index (κ2) is 9.14. The molecule has 0 saturated heterocycles. The van der Waals surface area contributed by atoms with Gasteiger partial charge in [0.25, 0.3) is 0 Å². The quantitative estimate of drug-likeness (QED) is 0.175. The summed E-state index contributed by atoms with van der Waals surface area (Å²) in [5, 5.41) is 9.85. The van der Waals surface area contributed by atoms with Gasteiger partial charge in [-0.05, 0) is 95.7 Å². The fourth-order valence-corrected chi connectivity index (χ4v) is 6.27. The predicted octanol–water partition coefficient (Wildman–Crippen LogP) is 10.1. The molecule has 0 saturated carbocycles. The van der Waals surface area contributed by atoms with Gasteiger partial charge in [-0.25, -0.2) is 0 Å². The summed E-state index contributed by atoms with van der Waals surface area (Å²) in [6.45, 7) is 0. The average Bonchev–Trinajstić information content (AvgIpc) is 3.03. The second-order valence-electron chi connectivity index (χ2n) is 10.2. The average molecular weight is 509 g/mol. The van der Waals surface area contributed by atoms with Crippen molar-refractivity contribution in [1.82, 2.24) is 9.97 Å². The highest BCUT2D eigenvalue weighted by molar-refractivity contribution is 6.26. The smallest absolute Gasteiger partial charge is 0.0346 e. The molecular weight excluding hydrogens is 484 g/mol. The summed E-state index contributed by atoms with van der Waals surface area (Å²) in [5.74, 6) is 0. The molecule has 0 spiro atoms. The molecule has 0 radical (unpaired) electrons. The minimum atomic E-state index is 1.11. The molecule has 40 heavy (non-hydrogen) atoms. The predicted molar refractivity (Wildman–Crippen MR) is 168 cm³/mol. The Hall–Kier alpha value is -5.34. The summed E-state index contributed by atoms with van der Waals surface area (Å²) in [5.41, 5.74) is 7.10. The summed E-state index contributed by atoms with van der Waals surface area (Å²) in [4.78, 5) is 9.02. The van der Waals surface area contributed by atoms with Gasteiger partial charge in [0.2, 0.25) is 0 Å². The Morgan fingerprint density at radius 3 is 1.48 bits per heavy atom. The Kier molecular flexibility index (Phi) is 5.17. The molecule has 2 heterocycles. The van der Waals surface area contributed by atoms with E-state index in [0.717, 1.165) is 11.1 Å². The number of benzene rings is 6. The molecule has 0 amide bonds. The number of nitrogens with zero attached hydrogens (tertiary/aromatic N) is 2. The zero-order chi connectivity index (χ0) is 26.5. The van der Waals surface area contributed by atoms with Crippen LogP contribution < -0.4 is 0 Å². The third kappa shape index (κ3) is 3.50. The van der Waals surface area contributed by atoms with Crippen molar-refractivity contribution >= 4 is 43.1 Å². The van der Waals surface area contributed by atoms with Gasteiger partial charge < -0.3 is 0 Å². The molecule has 0 unspecified atom stereocenters. The first-order valence-corrected chi connectivity index (χ1v) is 13.6. The Morgan fingerprint density at radius 2 is 0.875 bits per heavy atom. The number of fused-ring (bicyclic) bond motifs is 5. The van der Waals surface area contributed by atoms with E-state index >= 15 is 0 Å². The number of rotatable bonds is 3. The fourth-order valence-electron chi connectivity index (χ4n) is 6.27. The van der Waals surface area contributed by atoms with E-state index < -0.39 is 0 Å². The molecule has 186 valence electrons. The third-order valence-electron chi connectivity index (χ3n) is 7.99. The fraction of sp³-hybridized carbons (Fsp3) is 0. The van der Waals surface area contributed by atoms with E-state index in [0.29, 0.717) is 0 Å². The summed E-state index contributed by atoms with van der Waals surface area (Å²) in [6, 6.07) is 43.7. The molecular formula is C38H24N2. The van der Waals surface area contributed by atoms with Crippen molar-refractivity contribution in [3.63, 3.8) is 0 Å². The zero-order valence-electron chi connectivity index (χ0n) is 21.8. The second-order valence-corrected chi connectivity index (χ2v) is 10.2. The molecule has 0 atom stereocenters. The Morgan fingerprint density at radius 1 is 0.350 bits per heavy atom. The molecule has 0 aliphatic heterocycles. The molecule has 8 aromatic rings. The third-order valence-corrected chi connectivity index (χ3v) is 7.99. The molecule has 0 bridgehead atoms. The number of hydrogen-bond acceptors (Lipinski definition) is 2. The van der Waals surface area contributed by atoms with Gasteiger partial charge in [0, 0.05) is 35.9 Å². The monoisotopic (exact) mass is 508 g/mol. The van der Waals surface area contributed by atoms with Crippen molar-refractivity contribution in [2.24, 2.45) is 0 Å². The largest absolute Gasteiger partial charge is 0.264 e. The highest BCUT2D eigenvalue weighted by atomic mass is 14.6. The Balaban J connectivity index is 1.65. The topological polar surface area (TPSA) is 25.8 Å². The molecule has 6 aromatic carbocycles. The van der Waals surface area contributed by atoms with Crippen LogP contribution >= 0.6 is 0 Å². The first-order valence-electron chi connectivity index (χ1n) is 13.6. The van der Waals surface area contributed by atoms with Crippen LogP contribution in [0.5, 0.6) is 0 Å². The minimum Gasteiger partial charge on any atom is -0.264 e. The highest BCUT2D eigenvalue weighted by Gasteiger charge is 2.19. The number of hydrogen-bond donors (Lipinski definition) is 0. The normalized spacial score (nSPS) is 11.5. The minimum absolute atomic E-state index is 1.11. The number of aromatic nitrogens is 2. The van der Waals surface area contributed by atoms with E-state index in [9.17, 15) is 0 Å². The first kappa shape index (κ1) is 22.6. The van der Waals surface area contributed by atoms with Gasteiger partial charge >= 0.3 is 0 Å². The first-order chi connectivity index (χ1) is 19.9. The van der Waals surface area contributed by atoms with Crippen LogP contribution in [0.15, 0.2) is 146 Å². The van der Waals surface area contributed by atoms with Gasteiger partial charge in [-0.2, -0.15) is 0 Å². The van der Waals surface area contributed by atoms with Crippen molar-refractivity contribution in [2.75, 3.05) is 0 Å². The van der Waals surface area contributed by atoms with E-state index in [1.54, 1.807) is 0 Å². The molecule has 0 aliphatic carbocycles. The van der Waals surface area contributed by atoms with Crippen LogP contribution in [-0.2, 0) is 0 Å². The van der Waals surface area contributed by atoms with Crippen LogP contribution in [-0.4, -0.2) is 9.97 Å². The summed E-state index contributed by atoms with van der Waals surface area (Å²) < 4.78 is 0. The maximum absolute atomic E-state index is 4.51. The number of pyridine rings is 2. The molecule has 2 heteroatoms. The van der Waals surface area contributed by atoms with E-state index in [4.69, 9.17) is 0 Å². The van der Waals surface area contributed by atoms with Crippen LogP contribution in [0, 0.1) is 0 Å². The molecule has 2 nitrogen and oxygen atoms in total. The van der Waals surface area contributed by atoms with E-state index in [-0.39, 0.29) is 0 Å². The standard InChI is InChI=1S/C38H24N2/c1-2-10-25(11-3-1)32-20-26-12-4-5-15-29(26)33-21-35-36(22-34(32)33)38(28-14-9-19-40-24-28)31-17-7-6-16-30(31)37(35)27-13-8-18-39-23-27/h1-24H. The lowest BCUT2D eigenvalue weighted by molar-refractivity contribution is 1.33. The lowest BCUT2D eigenvalue weighted by atomic mass is 9.84. The lowest BCUT2D eigenvalue weighted by Crippen LogP contribution is -1.93. The summed E-state index contributed by atoms with van der Waals surface area (Å²) >= 11 is 0. The van der Waals surface area contributed by atoms with E-state index in [2.05, 4.69) is 119 Å². The lowest BCUT2D eigenvalue weighted by Gasteiger charge is -2.20. The van der Waals surface area contributed by atoms with Crippen LogP contribution in [0.3, 0.4) is 0 Å². The van der Waals surface area contributed by atoms with Crippen molar-refractivity contribution in [3.8, 4) is 33.4 Å². The van der Waals surface area contributed by atoms with Gasteiger partial charge in [0.1, 0.15) is 0 Å². The van der Waals surface area contributed by atoms with Crippen molar-refractivity contribution in [2.45, 2.75) is 0 Å². The Labute approximate surface area is 232 Å². The molecule has 8 rings (SSSR count). The van der Waals surface area contributed by atoms with Crippen LogP contribution in [0.4, 0.5) is 0 Å². The van der Waals surface area contributed by atoms with Gasteiger partial charge in [0.05, 0.1) is 0 Å². The Bertz CT molecular complexity index is 2190. The summed E-state index contributed by atoms with van der Waals surface area (Å²) in [6.07, 6.45) is 7.64. The SMILES string of the molecule is c1ccc(-c2cc3ccccc3c3cc4c(-c5cccnc5)c5ccccc5c(-c5cccnc5)c4cc23)cc1. The maximum Gasteiger partial charge on any atom is 0.0346 e. The van der Waals surface area contributed by atoms with Crippen LogP contribution in [0.2, 0.25) is 0 Å². The van der Waals surface area contributed by atoms with Crippen molar-refractivity contribution < 1.29 is 0 Å². The van der Waals surface area contributed by atoms with Gasteiger partial charge in [-0.1, -0.05) is 91.0 Å². The van der Waals surface area contributed by atoms with E-state index in [1.807, 2.05) is 36.9 Å². The van der Waals surface area contributed by atoms with Gasteiger partial charge in [0.15, 0.2) is 0 Å². The van der Waals surface area contributed by atoms with Gasteiger partial charge in [-0.15, -0.1) is 0 Å². The van der Waals surface area contributed by atoms with Crippen molar-refractivity contribution in [1.29, 1.82) is 0 Å². The van der Waals surface area contributed by atoms with Gasteiger partial charge in [-0.3, -0.25) is 9.97 Å².